The van der Waals surface area contributed by atoms with Gasteiger partial charge in [0.05, 0.1) is 17.5 Å². The molecule has 1 aromatic carbocycles. The number of hydrogen-bond acceptors (Lipinski definition) is 3. The van der Waals surface area contributed by atoms with Crippen LogP contribution in [-0.2, 0) is 6.42 Å². The number of hydrogen-bond donors (Lipinski definition) is 2. The highest BCUT2D eigenvalue weighted by Crippen LogP contribution is 2.19. The summed E-state index contributed by atoms with van der Waals surface area (Å²) < 4.78 is 18.6. The summed E-state index contributed by atoms with van der Waals surface area (Å²) in [6.07, 6.45) is 2.03. The van der Waals surface area contributed by atoms with Gasteiger partial charge in [-0.05, 0) is 24.3 Å². The molecule has 3 N–H and O–H groups in total. The molecule has 94 valence electrons. The smallest absolute Gasteiger partial charge is 0.259 e. The number of carbonyl (C=O) groups is 1. The Hall–Kier alpha value is -2.30. The number of carbonyl (C=O) groups excluding carboxylic acids is 1. The van der Waals surface area contributed by atoms with Gasteiger partial charge in [0.2, 0.25) is 0 Å². The van der Waals surface area contributed by atoms with E-state index in [0.29, 0.717) is 23.4 Å². The quantitative estimate of drug-likeness (QED) is 0.820. The second-order valence-electron chi connectivity index (χ2n) is 3.80. The van der Waals surface area contributed by atoms with Gasteiger partial charge in [0.25, 0.3) is 5.91 Å². The number of nitrogen functional groups attached to an aromatic ring is 1. The maximum atomic E-state index is 13.5. The molecule has 5 heteroatoms. The van der Waals surface area contributed by atoms with Crippen LogP contribution in [0.25, 0.3) is 0 Å². The van der Waals surface area contributed by atoms with E-state index in [-0.39, 0.29) is 5.69 Å². The van der Waals surface area contributed by atoms with E-state index in [1.165, 1.54) is 24.5 Å². The summed E-state index contributed by atoms with van der Waals surface area (Å²) in [7, 11) is 0. The highest BCUT2D eigenvalue weighted by atomic mass is 19.1. The lowest BCUT2D eigenvalue weighted by Gasteiger charge is -2.06. The third-order valence-corrected chi connectivity index (χ3v) is 2.55. The van der Waals surface area contributed by atoms with Crippen LogP contribution in [0.4, 0.5) is 15.8 Å². The molecule has 0 atom stereocenters. The van der Waals surface area contributed by atoms with Gasteiger partial charge in [-0.15, -0.1) is 0 Å². The summed E-state index contributed by atoms with van der Waals surface area (Å²) in [4.78, 5) is 11.9. The van der Waals surface area contributed by atoms with Crippen molar-refractivity contribution in [2.45, 2.75) is 13.3 Å². The number of furan rings is 1. The Kier molecular flexibility index (Phi) is 3.32. The van der Waals surface area contributed by atoms with Crippen LogP contribution in [0.2, 0.25) is 0 Å². The molecule has 1 aromatic heterocycles. The van der Waals surface area contributed by atoms with Crippen molar-refractivity contribution < 1.29 is 13.6 Å². The molecule has 0 saturated heterocycles. The Morgan fingerprint density at radius 2 is 2.22 bits per heavy atom. The van der Waals surface area contributed by atoms with E-state index in [9.17, 15) is 9.18 Å². The molecule has 2 rings (SSSR count). The molecule has 1 amide bonds. The van der Waals surface area contributed by atoms with Gasteiger partial charge in [0.15, 0.2) is 0 Å². The number of nitrogens with two attached hydrogens (primary N) is 1. The van der Waals surface area contributed by atoms with Gasteiger partial charge in [0.1, 0.15) is 11.6 Å². The number of aryl methyl sites for hydroxylation is 1. The van der Waals surface area contributed by atoms with Crippen molar-refractivity contribution in [1.29, 1.82) is 0 Å². The SMILES string of the molecule is CCc1occc1C(=O)Nc1cc(N)ccc1F. The lowest BCUT2D eigenvalue weighted by Crippen LogP contribution is -2.14. The molecule has 0 aliphatic rings. The molecule has 0 aliphatic carbocycles. The molecule has 0 aliphatic heterocycles. The molecule has 4 nitrogen and oxygen atoms in total. The zero-order valence-electron chi connectivity index (χ0n) is 9.87. The molecular formula is C13H13FN2O2. The van der Waals surface area contributed by atoms with Crippen LogP contribution < -0.4 is 11.1 Å². The van der Waals surface area contributed by atoms with Crippen LogP contribution in [-0.4, -0.2) is 5.91 Å². The Morgan fingerprint density at radius 1 is 1.44 bits per heavy atom. The van der Waals surface area contributed by atoms with Crippen LogP contribution in [0.15, 0.2) is 34.9 Å². The van der Waals surface area contributed by atoms with Crippen molar-refractivity contribution in [3.05, 3.63) is 47.7 Å². The highest BCUT2D eigenvalue weighted by molar-refractivity contribution is 6.05. The Bertz CT molecular complexity index is 578. The third-order valence-electron chi connectivity index (χ3n) is 2.55. The van der Waals surface area contributed by atoms with E-state index in [2.05, 4.69) is 5.32 Å². The number of rotatable bonds is 3. The number of amides is 1. The van der Waals surface area contributed by atoms with Crippen molar-refractivity contribution in [3.63, 3.8) is 0 Å². The number of nitrogens with one attached hydrogen (secondary N) is 1. The van der Waals surface area contributed by atoms with Crippen LogP contribution >= 0.6 is 0 Å². The molecule has 18 heavy (non-hydrogen) atoms. The summed E-state index contributed by atoms with van der Waals surface area (Å²) >= 11 is 0. The van der Waals surface area contributed by atoms with E-state index >= 15 is 0 Å². The summed E-state index contributed by atoms with van der Waals surface area (Å²) in [5.41, 5.74) is 6.39. The summed E-state index contributed by atoms with van der Waals surface area (Å²) in [6, 6.07) is 5.57. The highest BCUT2D eigenvalue weighted by Gasteiger charge is 2.15. The van der Waals surface area contributed by atoms with E-state index in [1.807, 2.05) is 6.92 Å². The fourth-order valence-corrected chi connectivity index (χ4v) is 1.65. The largest absolute Gasteiger partial charge is 0.469 e. The van der Waals surface area contributed by atoms with Crippen molar-refractivity contribution in [2.75, 3.05) is 11.1 Å². The number of anilines is 2. The van der Waals surface area contributed by atoms with Crippen LogP contribution in [0.5, 0.6) is 0 Å². The number of benzene rings is 1. The second kappa shape index (κ2) is 4.91. The van der Waals surface area contributed by atoms with Crippen molar-refractivity contribution in [3.8, 4) is 0 Å². The standard InChI is InChI=1S/C13H13FN2O2/c1-2-12-9(5-6-18-12)13(17)16-11-7-8(15)3-4-10(11)14/h3-7H,2,15H2,1H3,(H,16,17). The van der Waals surface area contributed by atoms with E-state index < -0.39 is 11.7 Å². The zero-order chi connectivity index (χ0) is 13.1. The van der Waals surface area contributed by atoms with Gasteiger partial charge in [-0.3, -0.25) is 4.79 Å². The molecule has 2 aromatic rings. The number of halogens is 1. The first kappa shape index (κ1) is 12.2. The van der Waals surface area contributed by atoms with E-state index in [0.717, 1.165) is 0 Å². The maximum absolute atomic E-state index is 13.5. The van der Waals surface area contributed by atoms with Crippen molar-refractivity contribution >= 4 is 17.3 Å². The third kappa shape index (κ3) is 2.34. The van der Waals surface area contributed by atoms with Crippen LogP contribution in [0.1, 0.15) is 23.0 Å². The van der Waals surface area contributed by atoms with Gasteiger partial charge in [-0.1, -0.05) is 6.92 Å². The predicted octanol–water partition coefficient (Wildman–Crippen LogP) is 2.82. The topological polar surface area (TPSA) is 68.3 Å². The molecule has 0 spiro atoms. The lowest BCUT2D eigenvalue weighted by atomic mass is 10.2. The van der Waals surface area contributed by atoms with Crippen molar-refractivity contribution in [2.24, 2.45) is 0 Å². The first-order chi connectivity index (χ1) is 8.61. The van der Waals surface area contributed by atoms with Gasteiger partial charge in [-0.25, -0.2) is 4.39 Å². The fraction of sp³-hybridized carbons (Fsp3) is 0.154. The minimum Gasteiger partial charge on any atom is -0.469 e. The molecule has 0 bridgehead atoms. The van der Waals surface area contributed by atoms with Gasteiger partial charge in [-0.2, -0.15) is 0 Å². The minimum atomic E-state index is -0.529. The molecule has 0 radical (unpaired) electrons. The molecule has 1 heterocycles. The monoisotopic (exact) mass is 248 g/mol. The van der Waals surface area contributed by atoms with Gasteiger partial charge < -0.3 is 15.5 Å². The zero-order valence-corrected chi connectivity index (χ0v) is 9.87. The van der Waals surface area contributed by atoms with Crippen LogP contribution in [0.3, 0.4) is 0 Å². The normalized spacial score (nSPS) is 10.3. The fourth-order valence-electron chi connectivity index (χ4n) is 1.65. The predicted molar refractivity (Wildman–Crippen MR) is 66.9 cm³/mol. The Morgan fingerprint density at radius 3 is 2.94 bits per heavy atom. The Labute approximate surface area is 104 Å². The van der Waals surface area contributed by atoms with E-state index in [4.69, 9.17) is 10.2 Å². The lowest BCUT2D eigenvalue weighted by molar-refractivity contribution is 0.102. The first-order valence-corrected chi connectivity index (χ1v) is 5.54. The summed E-state index contributed by atoms with van der Waals surface area (Å²) in [5, 5.41) is 2.47. The van der Waals surface area contributed by atoms with E-state index in [1.54, 1.807) is 6.07 Å². The first-order valence-electron chi connectivity index (χ1n) is 5.54. The molecule has 0 unspecified atom stereocenters. The molecule has 0 fully saturated rings. The Balaban J connectivity index is 2.24. The van der Waals surface area contributed by atoms with Gasteiger partial charge >= 0.3 is 0 Å². The molecular weight excluding hydrogens is 235 g/mol. The maximum Gasteiger partial charge on any atom is 0.259 e. The van der Waals surface area contributed by atoms with Crippen LogP contribution in [0, 0.1) is 5.82 Å². The van der Waals surface area contributed by atoms with Gasteiger partial charge in [0, 0.05) is 12.1 Å². The average Bonchev–Trinajstić information content (AvgIpc) is 2.82. The molecule has 0 saturated carbocycles. The summed E-state index contributed by atoms with van der Waals surface area (Å²) in [6.45, 7) is 1.87. The minimum absolute atomic E-state index is 0.0586. The average molecular weight is 248 g/mol. The summed E-state index contributed by atoms with van der Waals surface area (Å²) in [5.74, 6) is -0.374. The van der Waals surface area contributed by atoms with Crippen molar-refractivity contribution in [1.82, 2.24) is 0 Å². The second-order valence-corrected chi connectivity index (χ2v) is 3.80.